The van der Waals surface area contributed by atoms with E-state index in [1.807, 2.05) is 0 Å². The number of carbonyl (C=O) groups is 3. The Bertz CT molecular complexity index is 813. The van der Waals surface area contributed by atoms with E-state index < -0.39 is 27.9 Å². The zero-order valence-corrected chi connectivity index (χ0v) is 17.4. The summed E-state index contributed by atoms with van der Waals surface area (Å²) in [5, 5.41) is 0. The van der Waals surface area contributed by atoms with E-state index in [4.69, 9.17) is 0 Å². The lowest BCUT2D eigenvalue weighted by Gasteiger charge is -2.26. The Morgan fingerprint density at radius 2 is 1.45 bits per heavy atom. The molecule has 160 valence electrons. The maximum atomic E-state index is 12.7. The molecule has 0 saturated carbocycles. The highest BCUT2D eigenvalue weighted by Crippen LogP contribution is 2.21. The van der Waals surface area contributed by atoms with E-state index in [1.54, 1.807) is 12.1 Å². The average molecular weight is 426 g/mol. The number of ether oxygens (including phenoxy) is 2. The molecule has 1 fully saturated rings. The molecule has 10 heteroatoms. The molecule has 1 saturated heterocycles. The standard InChI is InChI=1S/C19H26N2O7S/c1-27-18(23)13-20(14-19(24)28-2)17(22)12-15-6-8-16(9-7-15)29(25,26)21-10-4-3-5-11-21/h6-9H,3-5,10-14H2,1-2H3. The summed E-state index contributed by atoms with van der Waals surface area (Å²) >= 11 is 0. The predicted octanol–water partition coefficient (Wildman–Crippen LogP) is 0.578. The van der Waals surface area contributed by atoms with Crippen LogP contribution in [0.25, 0.3) is 0 Å². The second-order valence-electron chi connectivity index (χ2n) is 6.69. The number of hydrogen-bond acceptors (Lipinski definition) is 7. The molecule has 0 aliphatic carbocycles. The Morgan fingerprint density at radius 3 is 1.93 bits per heavy atom. The van der Waals surface area contributed by atoms with E-state index in [0.717, 1.165) is 24.2 Å². The van der Waals surface area contributed by atoms with Gasteiger partial charge in [-0.25, -0.2) is 8.42 Å². The SMILES string of the molecule is COC(=O)CN(CC(=O)OC)C(=O)Cc1ccc(S(=O)(=O)N2CCCCC2)cc1. The third-order valence-electron chi connectivity index (χ3n) is 4.68. The number of methoxy groups -OCH3 is 2. The Morgan fingerprint density at radius 1 is 0.931 bits per heavy atom. The summed E-state index contributed by atoms with van der Waals surface area (Å²) in [6.45, 7) is 0.259. The van der Waals surface area contributed by atoms with E-state index in [-0.39, 0.29) is 24.4 Å². The summed E-state index contributed by atoms with van der Waals surface area (Å²) in [5.74, 6) is -1.80. The molecule has 0 unspecified atom stereocenters. The highest BCUT2D eigenvalue weighted by Gasteiger charge is 2.26. The van der Waals surface area contributed by atoms with E-state index in [2.05, 4.69) is 9.47 Å². The van der Waals surface area contributed by atoms with Gasteiger partial charge in [0.2, 0.25) is 15.9 Å². The molecule has 1 aliphatic rings. The molecule has 1 amide bonds. The van der Waals surface area contributed by atoms with Gasteiger partial charge in [0.15, 0.2) is 0 Å². The van der Waals surface area contributed by atoms with Gasteiger partial charge in [-0.3, -0.25) is 14.4 Å². The Balaban J connectivity index is 2.08. The number of nitrogens with zero attached hydrogens (tertiary/aromatic N) is 2. The van der Waals surface area contributed by atoms with Crippen LogP contribution in [0.4, 0.5) is 0 Å². The molecule has 1 aromatic rings. The van der Waals surface area contributed by atoms with Gasteiger partial charge in [0.1, 0.15) is 13.1 Å². The van der Waals surface area contributed by atoms with Crippen molar-refractivity contribution in [2.75, 3.05) is 40.4 Å². The first-order valence-electron chi connectivity index (χ1n) is 9.28. The van der Waals surface area contributed by atoms with Gasteiger partial charge in [-0.05, 0) is 30.5 Å². The van der Waals surface area contributed by atoms with E-state index in [0.29, 0.717) is 18.7 Å². The molecule has 0 N–H and O–H groups in total. The van der Waals surface area contributed by atoms with Crippen LogP contribution in [0.15, 0.2) is 29.2 Å². The highest BCUT2D eigenvalue weighted by molar-refractivity contribution is 7.89. The molecule has 29 heavy (non-hydrogen) atoms. The van der Waals surface area contributed by atoms with Crippen LogP contribution in [-0.4, -0.2) is 75.9 Å². The summed E-state index contributed by atoms with van der Waals surface area (Å²) in [5.41, 5.74) is 0.562. The van der Waals surface area contributed by atoms with E-state index >= 15 is 0 Å². The predicted molar refractivity (Wildman–Crippen MR) is 103 cm³/mol. The fourth-order valence-electron chi connectivity index (χ4n) is 2.99. The van der Waals surface area contributed by atoms with Crippen molar-refractivity contribution < 1.29 is 32.3 Å². The second-order valence-corrected chi connectivity index (χ2v) is 8.63. The quantitative estimate of drug-likeness (QED) is 0.559. The van der Waals surface area contributed by atoms with Crippen LogP contribution in [-0.2, 0) is 40.3 Å². The van der Waals surface area contributed by atoms with E-state index in [9.17, 15) is 22.8 Å². The molecular formula is C19H26N2O7S. The van der Waals surface area contributed by atoms with Crippen molar-refractivity contribution in [3.8, 4) is 0 Å². The van der Waals surface area contributed by atoms with Crippen LogP contribution in [0.2, 0.25) is 0 Å². The zero-order chi connectivity index (χ0) is 21.4. The van der Waals surface area contributed by atoms with Crippen LogP contribution in [0.5, 0.6) is 0 Å². The molecular weight excluding hydrogens is 400 g/mol. The van der Waals surface area contributed by atoms with Crippen molar-refractivity contribution in [1.29, 1.82) is 0 Å². The van der Waals surface area contributed by atoms with Crippen LogP contribution in [0.1, 0.15) is 24.8 Å². The number of benzene rings is 1. The summed E-state index contributed by atoms with van der Waals surface area (Å²) in [6, 6.07) is 6.06. The summed E-state index contributed by atoms with van der Waals surface area (Å²) in [4.78, 5) is 36.8. The number of rotatable bonds is 8. The van der Waals surface area contributed by atoms with E-state index in [1.165, 1.54) is 30.7 Å². The van der Waals surface area contributed by atoms with Gasteiger partial charge in [-0.15, -0.1) is 0 Å². The van der Waals surface area contributed by atoms with Crippen molar-refractivity contribution in [3.05, 3.63) is 29.8 Å². The van der Waals surface area contributed by atoms with Gasteiger partial charge < -0.3 is 14.4 Å². The topological polar surface area (TPSA) is 110 Å². The number of hydrogen-bond donors (Lipinski definition) is 0. The van der Waals surface area contributed by atoms with Crippen molar-refractivity contribution in [3.63, 3.8) is 0 Å². The lowest BCUT2D eigenvalue weighted by atomic mass is 10.1. The third kappa shape index (κ3) is 6.26. The van der Waals surface area contributed by atoms with Crippen molar-refractivity contribution in [2.24, 2.45) is 0 Å². The number of amides is 1. The van der Waals surface area contributed by atoms with Gasteiger partial charge in [-0.1, -0.05) is 18.6 Å². The van der Waals surface area contributed by atoms with Gasteiger partial charge in [0.25, 0.3) is 0 Å². The molecule has 0 radical (unpaired) electrons. The minimum absolute atomic E-state index is 0.0992. The normalized spacial score (nSPS) is 14.8. The molecule has 9 nitrogen and oxygen atoms in total. The summed E-state index contributed by atoms with van der Waals surface area (Å²) < 4.78 is 36.0. The first kappa shape index (κ1) is 22.8. The Labute approximate surface area is 170 Å². The average Bonchev–Trinajstić information content (AvgIpc) is 2.73. The number of sulfonamides is 1. The highest BCUT2D eigenvalue weighted by atomic mass is 32.2. The fraction of sp³-hybridized carbons (Fsp3) is 0.526. The van der Waals surface area contributed by atoms with Crippen LogP contribution < -0.4 is 0 Å². The number of piperidine rings is 1. The van der Waals surface area contributed by atoms with Crippen molar-refractivity contribution >= 4 is 27.9 Å². The number of carbonyl (C=O) groups excluding carboxylic acids is 3. The lowest BCUT2D eigenvalue weighted by molar-refractivity contribution is -0.151. The maximum Gasteiger partial charge on any atom is 0.325 e. The lowest BCUT2D eigenvalue weighted by Crippen LogP contribution is -2.41. The first-order valence-corrected chi connectivity index (χ1v) is 10.7. The molecule has 1 aromatic carbocycles. The fourth-order valence-corrected chi connectivity index (χ4v) is 4.51. The molecule has 0 bridgehead atoms. The molecule has 2 rings (SSSR count). The molecule has 1 heterocycles. The Hall–Kier alpha value is -2.46. The summed E-state index contributed by atoms with van der Waals surface area (Å²) in [6.07, 6.45) is 2.63. The Kier molecular flexibility index (Phi) is 8.15. The van der Waals surface area contributed by atoms with Crippen LogP contribution in [0, 0.1) is 0 Å². The minimum atomic E-state index is -3.55. The smallest absolute Gasteiger partial charge is 0.325 e. The van der Waals surface area contributed by atoms with Crippen molar-refractivity contribution in [1.82, 2.24) is 9.21 Å². The minimum Gasteiger partial charge on any atom is -0.468 e. The zero-order valence-electron chi connectivity index (χ0n) is 16.6. The van der Waals surface area contributed by atoms with Crippen LogP contribution >= 0.6 is 0 Å². The van der Waals surface area contributed by atoms with Gasteiger partial charge in [0, 0.05) is 13.1 Å². The maximum absolute atomic E-state index is 12.7. The van der Waals surface area contributed by atoms with Gasteiger partial charge in [-0.2, -0.15) is 4.31 Å². The largest absolute Gasteiger partial charge is 0.468 e. The molecule has 1 aliphatic heterocycles. The van der Waals surface area contributed by atoms with Gasteiger partial charge >= 0.3 is 11.9 Å². The third-order valence-corrected chi connectivity index (χ3v) is 6.59. The first-order chi connectivity index (χ1) is 13.8. The summed E-state index contributed by atoms with van der Waals surface area (Å²) in [7, 11) is -1.18. The molecule has 0 atom stereocenters. The molecule has 0 spiro atoms. The molecule has 0 aromatic heterocycles. The van der Waals surface area contributed by atoms with Gasteiger partial charge in [0.05, 0.1) is 25.5 Å². The monoisotopic (exact) mass is 426 g/mol. The second kappa shape index (κ2) is 10.4. The van der Waals surface area contributed by atoms with Crippen molar-refractivity contribution in [2.45, 2.75) is 30.6 Å². The number of esters is 2. The van der Waals surface area contributed by atoms with Crippen LogP contribution in [0.3, 0.4) is 0 Å².